The van der Waals surface area contributed by atoms with Gasteiger partial charge in [-0.3, -0.25) is 0 Å². The standard InChI is InChI=1S/C3H5O4P/c4-2-1-3-8(5,6)7/h4H,2H2,(H2,5,6,7). The Morgan fingerprint density at radius 3 is 2.12 bits per heavy atom. The Bertz CT molecular complexity index is 158. The fraction of sp³-hybridized carbons (Fsp3) is 0.333. The molecule has 0 amide bonds. The predicted molar refractivity (Wildman–Crippen MR) is 26.9 cm³/mol. The van der Waals surface area contributed by atoms with Crippen LogP contribution in [0.15, 0.2) is 0 Å². The normalized spacial score (nSPS) is 9.88. The zero-order chi connectivity index (χ0) is 6.62. The highest BCUT2D eigenvalue weighted by atomic mass is 31.2. The number of aliphatic hydroxyl groups is 1. The second-order valence-corrected chi connectivity index (χ2v) is 2.30. The van der Waals surface area contributed by atoms with Crippen molar-refractivity contribution in [1.29, 1.82) is 0 Å². The maximum atomic E-state index is 9.80. The summed E-state index contributed by atoms with van der Waals surface area (Å²) < 4.78 is 9.80. The van der Waals surface area contributed by atoms with E-state index in [1.165, 1.54) is 5.66 Å². The number of aliphatic hydroxyl groups excluding tert-OH is 1. The van der Waals surface area contributed by atoms with Crippen LogP contribution in [-0.2, 0) is 4.57 Å². The summed E-state index contributed by atoms with van der Waals surface area (Å²) in [6.07, 6.45) is 0. The zero-order valence-electron chi connectivity index (χ0n) is 3.90. The summed E-state index contributed by atoms with van der Waals surface area (Å²) in [5, 5.41) is 7.91. The van der Waals surface area contributed by atoms with Crippen molar-refractivity contribution in [3.8, 4) is 11.6 Å². The molecule has 5 heteroatoms. The van der Waals surface area contributed by atoms with Crippen molar-refractivity contribution >= 4 is 7.60 Å². The van der Waals surface area contributed by atoms with Gasteiger partial charge in [0.2, 0.25) is 0 Å². The summed E-state index contributed by atoms with van der Waals surface area (Å²) in [7, 11) is -4.20. The van der Waals surface area contributed by atoms with E-state index in [0.717, 1.165) is 0 Å². The van der Waals surface area contributed by atoms with E-state index in [2.05, 4.69) is 0 Å². The fourth-order valence-corrected chi connectivity index (χ4v) is 0.415. The van der Waals surface area contributed by atoms with Crippen LogP contribution < -0.4 is 0 Å². The predicted octanol–water partition coefficient (Wildman–Crippen LogP) is -0.883. The third-order valence-electron chi connectivity index (χ3n) is 0.304. The maximum Gasteiger partial charge on any atom is 0.400 e. The van der Waals surface area contributed by atoms with Crippen LogP contribution >= 0.6 is 7.60 Å². The molecular weight excluding hydrogens is 131 g/mol. The van der Waals surface area contributed by atoms with Gasteiger partial charge in [0.1, 0.15) is 6.61 Å². The number of rotatable bonds is 0. The van der Waals surface area contributed by atoms with Crippen molar-refractivity contribution in [2.45, 2.75) is 0 Å². The Hall–Kier alpha value is -0.330. The molecule has 4 nitrogen and oxygen atoms in total. The van der Waals surface area contributed by atoms with E-state index in [4.69, 9.17) is 14.9 Å². The van der Waals surface area contributed by atoms with Crippen LogP contribution in [0.1, 0.15) is 0 Å². The lowest BCUT2D eigenvalue weighted by Gasteiger charge is -1.85. The quantitative estimate of drug-likeness (QED) is 0.298. The molecule has 0 saturated heterocycles. The summed E-state index contributed by atoms with van der Waals surface area (Å²) in [5.74, 6) is 1.83. The smallest absolute Gasteiger partial charge is 0.384 e. The van der Waals surface area contributed by atoms with Crippen molar-refractivity contribution in [3.63, 3.8) is 0 Å². The monoisotopic (exact) mass is 136 g/mol. The van der Waals surface area contributed by atoms with Gasteiger partial charge >= 0.3 is 7.60 Å². The summed E-state index contributed by atoms with van der Waals surface area (Å²) in [5.41, 5.74) is 1.54. The Morgan fingerprint density at radius 1 is 1.50 bits per heavy atom. The second-order valence-electron chi connectivity index (χ2n) is 0.991. The van der Waals surface area contributed by atoms with E-state index in [1.54, 1.807) is 0 Å². The van der Waals surface area contributed by atoms with E-state index < -0.39 is 14.2 Å². The van der Waals surface area contributed by atoms with Crippen LogP contribution in [0.25, 0.3) is 0 Å². The van der Waals surface area contributed by atoms with Crippen molar-refractivity contribution in [3.05, 3.63) is 0 Å². The van der Waals surface area contributed by atoms with Crippen LogP contribution in [0.4, 0.5) is 0 Å². The van der Waals surface area contributed by atoms with Crippen LogP contribution in [0.2, 0.25) is 0 Å². The van der Waals surface area contributed by atoms with E-state index in [-0.39, 0.29) is 0 Å². The molecule has 0 heterocycles. The molecule has 0 aromatic carbocycles. The SMILES string of the molecule is O=P(O)(O)C#CCO. The minimum absolute atomic E-state index is 0.523. The van der Waals surface area contributed by atoms with Gasteiger partial charge in [0, 0.05) is 5.66 Å². The second kappa shape index (κ2) is 2.85. The van der Waals surface area contributed by atoms with Gasteiger partial charge < -0.3 is 14.9 Å². The lowest BCUT2D eigenvalue weighted by molar-refractivity contribution is 0.350. The summed E-state index contributed by atoms with van der Waals surface area (Å²) in [6, 6.07) is 0. The molecule has 0 fully saturated rings. The molecule has 0 radical (unpaired) electrons. The molecule has 0 spiro atoms. The Balaban J connectivity index is 3.89. The molecule has 0 aliphatic heterocycles. The van der Waals surface area contributed by atoms with Crippen molar-refractivity contribution in [2.24, 2.45) is 0 Å². The molecule has 0 unspecified atom stereocenters. The first kappa shape index (κ1) is 7.67. The topological polar surface area (TPSA) is 77.8 Å². The van der Waals surface area contributed by atoms with Gasteiger partial charge in [0.15, 0.2) is 0 Å². The molecule has 0 aromatic rings. The number of hydrogen-bond donors (Lipinski definition) is 3. The molecule has 0 aliphatic carbocycles. The van der Waals surface area contributed by atoms with Crippen molar-refractivity contribution in [1.82, 2.24) is 0 Å². The van der Waals surface area contributed by atoms with Crippen LogP contribution in [0.5, 0.6) is 0 Å². The fourth-order valence-electron chi connectivity index (χ4n) is 0.138. The molecule has 0 aromatic heterocycles. The molecule has 0 atom stereocenters. The van der Waals surface area contributed by atoms with E-state index in [1.807, 2.05) is 5.92 Å². The minimum Gasteiger partial charge on any atom is -0.384 e. The largest absolute Gasteiger partial charge is 0.400 e. The van der Waals surface area contributed by atoms with Gasteiger partial charge in [0.05, 0.1) is 0 Å². The lowest BCUT2D eigenvalue weighted by atomic mass is 10.8. The molecule has 0 rings (SSSR count). The van der Waals surface area contributed by atoms with Gasteiger partial charge in [-0.2, -0.15) is 0 Å². The maximum absolute atomic E-state index is 9.80. The van der Waals surface area contributed by atoms with Crippen molar-refractivity contribution < 1.29 is 19.5 Å². The first-order chi connectivity index (χ1) is 3.56. The molecule has 46 valence electrons. The third kappa shape index (κ3) is 5.67. The average molecular weight is 136 g/mol. The number of hydrogen-bond acceptors (Lipinski definition) is 2. The third-order valence-corrected chi connectivity index (χ3v) is 0.753. The Labute approximate surface area is 46.3 Å². The van der Waals surface area contributed by atoms with Gasteiger partial charge in [-0.05, 0) is 0 Å². The molecule has 0 aliphatic rings. The van der Waals surface area contributed by atoms with Gasteiger partial charge in [-0.25, -0.2) is 4.57 Å². The Morgan fingerprint density at radius 2 is 2.00 bits per heavy atom. The summed E-state index contributed by atoms with van der Waals surface area (Å²) in [4.78, 5) is 16.0. The van der Waals surface area contributed by atoms with Gasteiger partial charge in [0.25, 0.3) is 0 Å². The van der Waals surface area contributed by atoms with E-state index >= 15 is 0 Å². The van der Waals surface area contributed by atoms with Crippen LogP contribution in [-0.4, -0.2) is 21.5 Å². The minimum atomic E-state index is -4.20. The first-order valence-corrected chi connectivity index (χ1v) is 3.34. The molecule has 8 heavy (non-hydrogen) atoms. The van der Waals surface area contributed by atoms with Gasteiger partial charge in [-0.15, -0.1) is 0 Å². The average Bonchev–Trinajstić information content (AvgIpc) is 1.59. The summed E-state index contributed by atoms with van der Waals surface area (Å²) >= 11 is 0. The highest BCUT2D eigenvalue weighted by Gasteiger charge is 2.04. The van der Waals surface area contributed by atoms with E-state index in [9.17, 15) is 4.57 Å². The molecule has 0 saturated carbocycles. The van der Waals surface area contributed by atoms with Crippen LogP contribution in [0.3, 0.4) is 0 Å². The zero-order valence-corrected chi connectivity index (χ0v) is 4.80. The lowest BCUT2D eigenvalue weighted by Crippen LogP contribution is -1.73. The Kier molecular flexibility index (Phi) is 2.74. The van der Waals surface area contributed by atoms with Crippen molar-refractivity contribution in [2.75, 3.05) is 6.61 Å². The molecular formula is C3H5O4P. The van der Waals surface area contributed by atoms with Gasteiger partial charge in [-0.1, -0.05) is 5.92 Å². The summed E-state index contributed by atoms with van der Waals surface area (Å²) in [6.45, 7) is -0.523. The molecule has 3 N–H and O–H groups in total. The van der Waals surface area contributed by atoms with E-state index in [0.29, 0.717) is 0 Å². The first-order valence-electron chi connectivity index (χ1n) is 1.73. The molecule has 0 bridgehead atoms. The van der Waals surface area contributed by atoms with Crippen LogP contribution in [0, 0.1) is 11.6 Å². The highest BCUT2D eigenvalue weighted by Crippen LogP contribution is 2.31. The highest BCUT2D eigenvalue weighted by molar-refractivity contribution is 7.57.